The van der Waals surface area contributed by atoms with Crippen molar-refractivity contribution in [1.29, 1.82) is 0 Å². The second kappa shape index (κ2) is 6.12. The van der Waals surface area contributed by atoms with Crippen molar-refractivity contribution in [3.63, 3.8) is 0 Å². The van der Waals surface area contributed by atoms with E-state index in [1.165, 1.54) is 22.8 Å². The number of carbonyl (C=O) groups is 1. The third-order valence-electron chi connectivity index (χ3n) is 4.67. The van der Waals surface area contributed by atoms with Gasteiger partial charge in [0.25, 0.3) is 5.91 Å². The van der Waals surface area contributed by atoms with Crippen LogP contribution in [0.5, 0.6) is 0 Å². The maximum absolute atomic E-state index is 12.9. The Morgan fingerprint density at radius 1 is 1.23 bits per heavy atom. The number of alkyl halides is 3. The average Bonchev–Trinajstić information content (AvgIpc) is 3.28. The van der Waals surface area contributed by atoms with Gasteiger partial charge in [-0.2, -0.15) is 18.3 Å². The molecule has 1 aliphatic rings. The summed E-state index contributed by atoms with van der Waals surface area (Å²) in [5.74, 6) is -0.316. The molecule has 3 heterocycles. The van der Waals surface area contributed by atoms with Gasteiger partial charge in [0.2, 0.25) is 0 Å². The van der Waals surface area contributed by atoms with Crippen LogP contribution in [0.4, 0.5) is 13.2 Å². The lowest BCUT2D eigenvalue weighted by Crippen LogP contribution is -2.28. The van der Waals surface area contributed by atoms with E-state index in [0.29, 0.717) is 36.3 Å². The zero-order valence-corrected chi connectivity index (χ0v) is 13.6. The van der Waals surface area contributed by atoms with E-state index in [2.05, 4.69) is 10.1 Å². The Balaban J connectivity index is 1.54. The number of aromatic nitrogens is 3. The Morgan fingerprint density at radius 2 is 2.08 bits per heavy atom. The molecule has 1 amide bonds. The number of nitrogens with zero attached hydrogens (tertiary/aromatic N) is 4. The first kappa shape index (κ1) is 16.6. The number of hydrogen-bond donors (Lipinski definition) is 0. The normalized spacial score (nSPS) is 17.8. The first-order valence-electron chi connectivity index (χ1n) is 8.18. The van der Waals surface area contributed by atoms with Crippen LogP contribution < -0.4 is 0 Å². The van der Waals surface area contributed by atoms with Crippen molar-refractivity contribution >= 4 is 11.6 Å². The number of rotatable bonds is 2. The van der Waals surface area contributed by atoms with Crippen LogP contribution in [0.3, 0.4) is 0 Å². The van der Waals surface area contributed by atoms with Crippen molar-refractivity contribution in [2.45, 2.75) is 18.5 Å². The fourth-order valence-electron chi connectivity index (χ4n) is 3.33. The van der Waals surface area contributed by atoms with E-state index < -0.39 is 11.7 Å². The average molecular weight is 360 g/mol. The van der Waals surface area contributed by atoms with E-state index in [-0.39, 0.29) is 11.8 Å². The molecule has 1 fully saturated rings. The Hall–Kier alpha value is -2.90. The third kappa shape index (κ3) is 2.91. The molecule has 1 unspecified atom stereocenters. The SMILES string of the molecule is O=C(c1cnn2cccnc12)N1CCC(c2cccc(C(F)(F)F)c2)C1. The Morgan fingerprint density at radius 3 is 2.88 bits per heavy atom. The fraction of sp³-hybridized carbons (Fsp3) is 0.278. The number of halogens is 3. The van der Waals surface area contributed by atoms with Crippen LogP contribution in [-0.2, 0) is 6.18 Å². The van der Waals surface area contributed by atoms with Crippen LogP contribution in [0.25, 0.3) is 5.65 Å². The van der Waals surface area contributed by atoms with Gasteiger partial charge in [0.05, 0.1) is 11.8 Å². The lowest BCUT2D eigenvalue weighted by molar-refractivity contribution is -0.137. The van der Waals surface area contributed by atoms with E-state index >= 15 is 0 Å². The molecule has 1 aromatic carbocycles. The van der Waals surface area contributed by atoms with Crippen molar-refractivity contribution in [2.75, 3.05) is 13.1 Å². The van der Waals surface area contributed by atoms with Gasteiger partial charge in [0.15, 0.2) is 5.65 Å². The predicted octanol–water partition coefficient (Wildman–Crippen LogP) is 3.38. The number of fused-ring (bicyclic) bond motifs is 1. The third-order valence-corrected chi connectivity index (χ3v) is 4.67. The highest BCUT2D eigenvalue weighted by Crippen LogP contribution is 2.34. The van der Waals surface area contributed by atoms with Crippen LogP contribution in [-0.4, -0.2) is 38.5 Å². The highest BCUT2D eigenvalue weighted by atomic mass is 19.4. The summed E-state index contributed by atoms with van der Waals surface area (Å²) in [6.45, 7) is 0.869. The summed E-state index contributed by atoms with van der Waals surface area (Å²) in [4.78, 5) is 18.6. The Labute approximate surface area is 147 Å². The molecule has 3 aromatic rings. The number of amides is 1. The molecular weight excluding hydrogens is 345 g/mol. The maximum Gasteiger partial charge on any atom is 0.416 e. The number of likely N-dealkylation sites (tertiary alicyclic amines) is 1. The van der Waals surface area contributed by atoms with Crippen molar-refractivity contribution in [1.82, 2.24) is 19.5 Å². The number of carbonyl (C=O) groups excluding carboxylic acids is 1. The summed E-state index contributed by atoms with van der Waals surface area (Å²) in [5, 5.41) is 4.11. The number of benzene rings is 1. The molecule has 0 N–H and O–H groups in total. The minimum absolute atomic E-state index is 0.115. The molecule has 1 aliphatic heterocycles. The highest BCUT2D eigenvalue weighted by Gasteiger charge is 2.33. The summed E-state index contributed by atoms with van der Waals surface area (Å²) in [6.07, 6.45) is 1.02. The van der Waals surface area contributed by atoms with E-state index in [9.17, 15) is 18.0 Å². The van der Waals surface area contributed by atoms with Gasteiger partial charge in [-0.05, 0) is 24.1 Å². The smallest absolute Gasteiger partial charge is 0.338 e. The molecule has 1 atom stereocenters. The molecule has 134 valence electrons. The number of hydrogen-bond acceptors (Lipinski definition) is 3. The highest BCUT2D eigenvalue weighted by molar-refractivity contribution is 5.99. The molecule has 0 spiro atoms. The first-order valence-corrected chi connectivity index (χ1v) is 8.18. The zero-order chi connectivity index (χ0) is 18.3. The van der Waals surface area contributed by atoms with Crippen LogP contribution in [0.1, 0.15) is 33.8 Å². The molecule has 2 aromatic heterocycles. The van der Waals surface area contributed by atoms with Crippen molar-refractivity contribution in [3.05, 3.63) is 65.6 Å². The topological polar surface area (TPSA) is 50.5 Å². The summed E-state index contributed by atoms with van der Waals surface area (Å²) in [7, 11) is 0. The lowest BCUT2D eigenvalue weighted by atomic mass is 9.96. The van der Waals surface area contributed by atoms with Crippen molar-refractivity contribution < 1.29 is 18.0 Å². The molecule has 0 bridgehead atoms. The Kier molecular flexibility index (Phi) is 3.90. The molecular formula is C18H15F3N4O. The second-order valence-corrected chi connectivity index (χ2v) is 6.31. The van der Waals surface area contributed by atoms with Gasteiger partial charge in [0, 0.05) is 31.4 Å². The minimum atomic E-state index is -4.37. The van der Waals surface area contributed by atoms with Crippen LogP contribution >= 0.6 is 0 Å². The molecule has 26 heavy (non-hydrogen) atoms. The first-order chi connectivity index (χ1) is 12.4. The lowest BCUT2D eigenvalue weighted by Gasteiger charge is -2.16. The van der Waals surface area contributed by atoms with Gasteiger partial charge in [0.1, 0.15) is 5.56 Å². The largest absolute Gasteiger partial charge is 0.416 e. The molecule has 1 saturated heterocycles. The Bertz CT molecular complexity index is 966. The van der Waals surface area contributed by atoms with E-state index in [4.69, 9.17) is 0 Å². The molecule has 4 rings (SSSR count). The van der Waals surface area contributed by atoms with Gasteiger partial charge in [-0.25, -0.2) is 9.50 Å². The van der Waals surface area contributed by atoms with Crippen molar-refractivity contribution in [2.24, 2.45) is 0 Å². The van der Waals surface area contributed by atoms with Crippen molar-refractivity contribution in [3.8, 4) is 0 Å². The van der Waals surface area contributed by atoms with Crippen LogP contribution in [0.2, 0.25) is 0 Å². The zero-order valence-electron chi connectivity index (χ0n) is 13.6. The van der Waals surface area contributed by atoms with E-state index in [0.717, 1.165) is 6.07 Å². The van der Waals surface area contributed by atoms with Gasteiger partial charge in [-0.1, -0.05) is 18.2 Å². The summed E-state index contributed by atoms with van der Waals surface area (Å²) in [5.41, 5.74) is 0.815. The van der Waals surface area contributed by atoms with E-state index in [1.807, 2.05) is 0 Å². The molecule has 8 heteroatoms. The van der Waals surface area contributed by atoms with E-state index in [1.54, 1.807) is 29.4 Å². The fourth-order valence-corrected chi connectivity index (χ4v) is 3.33. The maximum atomic E-state index is 12.9. The predicted molar refractivity (Wildman–Crippen MR) is 87.7 cm³/mol. The monoisotopic (exact) mass is 360 g/mol. The van der Waals surface area contributed by atoms with Crippen LogP contribution in [0.15, 0.2) is 48.9 Å². The van der Waals surface area contributed by atoms with Crippen LogP contribution in [0, 0.1) is 0 Å². The van der Waals surface area contributed by atoms with Gasteiger partial charge in [-0.15, -0.1) is 0 Å². The molecule has 0 radical (unpaired) electrons. The summed E-state index contributed by atoms with van der Waals surface area (Å²) >= 11 is 0. The van der Waals surface area contributed by atoms with Gasteiger partial charge in [-0.3, -0.25) is 4.79 Å². The molecule has 5 nitrogen and oxygen atoms in total. The standard InChI is InChI=1S/C18H15F3N4O/c19-18(20,21)14-4-1-3-12(9-14)13-5-8-24(11-13)17(26)15-10-23-25-7-2-6-22-16(15)25/h1-4,6-7,9-10,13H,5,8,11H2. The quantitative estimate of drug-likeness (QED) is 0.704. The molecule has 0 aliphatic carbocycles. The summed E-state index contributed by atoms with van der Waals surface area (Å²) < 4.78 is 40.3. The van der Waals surface area contributed by atoms with Gasteiger partial charge >= 0.3 is 6.18 Å². The van der Waals surface area contributed by atoms with Gasteiger partial charge < -0.3 is 4.90 Å². The molecule has 0 saturated carbocycles. The summed E-state index contributed by atoms with van der Waals surface area (Å²) in [6, 6.07) is 7.05. The second-order valence-electron chi connectivity index (χ2n) is 6.31. The minimum Gasteiger partial charge on any atom is -0.338 e.